The lowest BCUT2D eigenvalue weighted by Gasteiger charge is -2.14. The van der Waals surface area contributed by atoms with Crippen LogP contribution in [0.25, 0.3) is 0 Å². The molecule has 6 nitrogen and oxygen atoms in total. The van der Waals surface area contributed by atoms with Crippen LogP contribution in [0.5, 0.6) is 11.5 Å². The third-order valence-electron chi connectivity index (χ3n) is 3.45. The normalized spacial score (nSPS) is 13.7. The Hall–Kier alpha value is -1.22. The number of ether oxygens (including phenoxy) is 3. The van der Waals surface area contributed by atoms with Gasteiger partial charge in [0.05, 0.1) is 13.2 Å². The van der Waals surface area contributed by atoms with E-state index in [-0.39, 0.29) is 24.0 Å². The second-order valence-corrected chi connectivity index (χ2v) is 5.24. The van der Waals surface area contributed by atoms with Crippen molar-refractivity contribution in [3.8, 4) is 11.5 Å². The van der Waals surface area contributed by atoms with E-state index in [4.69, 9.17) is 14.2 Å². The van der Waals surface area contributed by atoms with Gasteiger partial charge in [0.2, 0.25) is 0 Å². The van der Waals surface area contributed by atoms with Crippen LogP contribution in [0.4, 0.5) is 5.69 Å². The van der Waals surface area contributed by atoms with E-state index in [9.17, 15) is 0 Å². The third kappa shape index (κ3) is 7.12. The molecule has 1 aromatic rings. The average Bonchev–Trinajstić information content (AvgIpc) is 2.81. The SMILES string of the molecule is CCOCCCCNC(=NC)Nc1ccc2c(c1)OCCCO2.I. The van der Waals surface area contributed by atoms with Crippen LogP contribution in [-0.4, -0.2) is 46.0 Å². The van der Waals surface area contributed by atoms with Crippen molar-refractivity contribution in [2.75, 3.05) is 45.3 Å². The maximum atomic E-state index is 5.70. The zero-order valence-corrected chi connectivity index (χ0v) is 16.8. The summed E-state index contributed by atoms with van der Waals surface area (Å²) >= 11 is 0. The van der Waals surface area contributed by atoms with Crippen LogP contribution in [0.2, 0.25) is 0 Å². The number of guanidine groups is 1. The summed E-state index contributed by atoms with van der Waals surface area (Å²) in [5.41, 5.74) is 0.927. The van der Waals surface area contributed by atoms with Gasteiger partial charge in [-0.3, -0.25) is 4.99 Å². The van der Waals surface area contributed by atoms with Crippen LogP contribution in [0.1, 0.15) is 26.2 Å². The van der Waals surface area contributed by atoms with E-state index in [1.807, 2.05) is 25.1 Å². The first-order valence-electron chi connectivity index (χ1n) is 8.28. The molecule has 0 aliphatic carbocycles. The Balaban J connectivity index is 0.00000288. The number of hydrogen-bond donors (Lipinski definition) is 2. The largest absolute Gasteiger partial charge is 0.490 e. The van der Waals surface area contributed by atoms with Gasteiger partial charge in [0, 0.05) is 45.0 Å². The van der Waals surface area contributed by atoms with Crippen molar-refractivity contribution < 1.29 is 14.2 Å². The van der Waals surface area contributed by atoms with Gasteiger partial charge in [0.1, 0.15) is 0 Å². The molecule has 0 saturated carbocycles. The fraction of sp³-hybridized carbons (Fsp3) is 0.588. The molecular formula is C17H28IN3O3. The summed E-state index contributed by atoms with van der Waals surface area (Å²) < 4.78 is 16.7. The summed E-state index contributed by atoms with van der Waals surface area (Å²) in [5.74, 6) is 2.32. The van der Waals surface area contributed by atoms with Crippen LogP contribution in [0.15, 0.2) is 23.2 Å². The molecule has 0 saturated heterocycles. The highest BCUT2D eigenvalue weighted by atomic mass is 127. The van der Waals surface area contributed by atoms with Gasteiger partial charge in [-0.25, -0.2) is 0 Å². The number of fused-ring (bicyclic) bond motifs is 1. The number of nitrogens with one attached hydrogen (secondary N) is 2. The molecule has 1 aromatic carbocycles. The molecule has 2 rings (SSSR count). The summed E-state index contributed by atoms with van der Waals surface area (Å²) in [4.78, 5) is 4.24. The lowest BCUT2D eigenvalue weighted by atomic mass is 10.2. The fourth-order valence-electron chi connectivity index (χ4n) is 2.24. The van der Waals surface area contributed by atoms with Gasteiger partial charge in [0.25, 0.3) is 0 Å². The van der Waals surface area contributed by atoms with Gasteiger partial charge in [-0.05, 0) is 31.9 Å². The quantitative estimate of drug-likeness (QED) is 0.290. The summed E-state index contributed by atoms with van der Waals surface area (Å²) in [6.07, 6.45) is 2.99. The standard InChI is InChI=1S/C17H27N3O3.HI/c1-3-21-10-5-4-9-19-17(18-2)20-14-7-8-15-16(13-14)23-12-6-11-22-15;/h7-8,13H,3-6,9-12H2,1-2H3,(H2,18,19,20);1H. The van der Waals surface area contributed by atoms with E-state index in [2.05, 4.69) is 15.6 Å². The topological polar surface area (TPSA) is 64.1 Å². The number of hydrogen-bond acceptors (Lipinski definition) is 4. The number of rotatable bonds is 7. The maximum Gasteiger partial charge on any atom is 0.195 e. The van der Waals surface area contributed by atoms with Gasteiger partial charge in [0.15, 0.2) is 17.5 Å². The summed E-state index contributed by atoms with van der Waals surface area (Å²) in [5, 5.41) is 6.57. The Bertz CT molecular complexity index is 512. The van der Waals surface area contributed by atoms with Crippen LogP contribution in [0, 0.1) is 0 Å². The Morgan fingerprint density at radius 2 is 2.00 bits per heavy atom. The number of halogens is 1. The molecule has 24 heavy (non-hydrogen) atoms. The predicted molar refractivity (Wildman–Crippen MR) is 108 cm³/mol. The second-order valence-electron chi connectivity index (χ2n) is 5.24. The highest BCUT2D eigenvalue weighted by Crippen LogP contribution is 2.32. The lowest BCUT2D eigenvalue weighted by molar-refractivity contribution is 0.143. The molecule has 1 aliphatic heterocycles. The number of aliphatic imine (C=N–C) groups is 1. The molecule has 2 N–H and O–H groups in total. The molecule has 0 bridgehead atoms. The second kappa shape index (κ2) is 12.2. The van der Waals surface area contributed by atoms with Crippen LogP contribution < -0.4 is 20.1 Å². The molecule has 0 spiro atoms. The molecule has 1 aliphatic rings. The Kier molecular flexibility index (Phi) is 10.6. The number of benzene rings is 1. The summed E-state index contributed by atoms with van der Waals surface area (Å²) in [7, 11) is 1.76. The van der Waals surface area contributed by atoms with Crippen molar-refractivity contribution in [1.82, 2.24) is 5.32 Å². The average molecular weight is 449 g/mol. The van der Waals surface area contributed by atoms with Crippen LogP contribution in [0.3, 0.4) is 0 Å². The number of nitrogens with zero attached hydrogens (tertiary/aromatic N) is 1. The minimum Gasteiger partial charge on any atom is -0.490 e. The first-order valence-corrected chi connectivity index (χ1v) is 8.28. The van der Waals surface area contributed by atoms with Gasteiger partial charge in [-0.15, -0.1) is 24.0 Å². The molecule has 136 valence electrons. The molecule has 7 heteroatoms. The third-order valence-corrected chi connectivity index (χ3v) is 3.45. The zero-order chi connectivity index (χ0) is 16.3. The molecular weight excluding hydrogens is 421 g/mol. The van der Waals surface area contributed by atoms with E-state index < -0.39 is 0 Å². The smallest absolute Gasteiger partial charge is 0.195 e. The Morgan fingerprint density at radius 3 is 2.75 bits per heavy atom. The van der Waals surface area contributed by atoms with E-state index in [1.165, 1.54) is 0 Å². The molecule has 0 radical (unpaired) electrons. The Labute approximate surface area is 161 Å². The number of anilines is 1. The fourth-order valence-corrected chi connectivity index (χ4v) is 2.24. The first kappa shape index (κ1) is 20.8. The van der Waals surface area contributed by atoms with Crippen molar-refractivity contribution in [3.05, 3.63) is 18.2 Å². The predicted octanol–water partition coefficient (Wildman–Crippen LogP) is 3.27. The van der Waals surface area contributed by atoms with Crippen molar-refractivity contribution in [1.29, 1.82) is 0 Å². The van der Waals surface area contributed by atoms with E-state index in [0.29, 0.717) is 13.2 Å². The number of unbranched alkanes of at least 4 members (excludes halogenated alkanes) is 1. The molecule has 0 atom stereocenters. The Morgan fingerprint density at radius 1 is 1.21 bits per heavy atom. The van der Waals surface area contributed by atoms with Crippen molar-refractivity contribution in [3.63, 3.8) is 0 Å². The van der Waals surface area contributed by atoms with Crippen LogP contribution >= 0.6 is 24.0 Å². The first-order chi connectivity index (χ1) is 11.3. The van der Waals surface area contributed by atoms with Crippen LogP contribution in [-0.2, 0) is 4.74 Å². The van der Waals surface area contributed by atoms with Crippen molar-refractivity contribution in [2.45, 2.75) is 26.2 Å². The van der Waals surface area contributed by atoms with E-state index in [1.54, 1.807) is 7.05 Å². The minimum atomic E-state index is 0. The highest BCUT2D eigenvalue weighted by molar-refractivity contribution is 14.0. The van der Waals surface area contributed by atoms with Crippen molar-refractivity contribution in [2.24, 2.45) is 4.99 Å². The molecule has 0 aromatic heterocycles. The summed E-state index contributed by atoms with van der Waals surface area (Å²) in [6.45, 7) is 5.85. The van der Waals surface area contributed by atoms with Crippen molar-refractivity contribution >= 4 is 35.6 Å². The maximum absolute atomic E-state index is 5.70. The minimum absolute atomic E-state index is 0. The van der Waals surface area contributed by atoms with Gasteiger partial charge in [-0.2, -0.15) is 0 Å². The summed E-state index contributed by atoms with van der Waals surface area (Å²) in [6, 6.07) is 5.84. The van der Waals surface area contributed by atoms with E-state index in [0.717, 1.165) is 62.2 Å². The molecule has 0 amide bonds. The molecule has 1 heterocycles. The van der Waals surface area contributed by atoms with Gasteiger partial charge >= 0.3 is 0 Å². The zero-order valence-electron chi connectivity index (χ0n) is 14.5. The molecule has 0 unspecified atom stereocenters. The monoisotopic (exact) mass is 449 g/mol. The van der Waals surface area contributed by atoms with Gasteiger partial charge < -0.3 is 24.8 Å². The highest BCUT2D eigenvalue weighted by Gasteiger charge is 2.11. The lowest BCUT2D eigenvalue weighted by Crippen LogP contribution is -2.31. The molecule has 0 fully saturated rings. The van der Waals surface area contributed by atoms with Gasteiger partial charge in [-0.1, -0.05) is 0 Å². The van der Waals surface area contributed by atoms with E-state index >= 15 is 0 Å².